The molecule has 0 radical (unpaired) electrons. The average molecular weight is 1000 g/mol. The van der Waals surface area contributed by atoms with Gasteiger partial charge < -0.3 is 0 Å². The Balaban J connectivity index is 1.59. The first-order valence-corrected chi connectivity index (χ1v) is 23.1. The van der Waals surface area contributed by atoms with E-state index in [1.807, 2.05) is 0 Å². The second kappa shape index (κ2) is 15.6. The molecular formula is C37H20Cl2F6O14S4. The van der Waals surface area contributed by atoms with Crippen molar-refractivity contribution in [3.05, 3.63) is 140 Å². The standard InChI is InChI=1S/C37H20Cl2F6O14S4/c38-29-7-1-21(15-27(29)33(46)19-9-17-11-23(60(48,49)50)3-5-25(17)31(13-19)62(54,55)56)35(36(40,41)42,37(43,44)45)22-2-8-30(39)28(16-22)34(47)20-10-18-12-24(61(51,52)53)4-6-26(18)32(14-20)63(57,58)59/h1-16H,(H,48,49,50)(H,51,52,53)(H,54,55,56)(H,57,58,59). The van der Waals surface area contributed by atoms with Crippen LogP contribution in [0.25, 0.3) is 21.5 Å². The van der Waals surface area contributed by atoms with Gasteiger partial charge in [0.25, 0.3) is 40.5 Å². The normalized spacial score (nSPS) is 13.4. The summed E-state index contributed by atoms with van der Waals surface area (Å²) in [4.78, 5) is 24.0. The number of carbonyl (C=O) groups is 2. The lowest BCUT2D eigenvalue weighted by Crippen LogP contribution is -2.55. The number of carbonyl (C=O) groups excluding carboxylic acids is 2. The molecule has 0 aliphatic rings. The van der Waals surface area contributed by atoms with Crippen molar-refractivity contribution in [2.24, 2.45) is 0 Å². The molecule has 4 N–H and O–H groups in total. The van der Waals surface area contributed by atoms with Crippen LogP contribution in [-0.2, 0) is 45.9 Å². The fourth-order valence-corrected chi connectivity index (χ4v) is 9.71. The minimum Gasteiger partial charge on any atom is -0.289 e. The second-order valence-corrected chi connectivity index (χ2v) is 19.8. The van der Waals surface area contributed by atoms with E-state index in [1.165, 1.54) is 0 Å². The van der Waals surface area contributed by atoms with Crippen LogP contribution in [0.3, 0.4) is 0 Å². The first-order valence-electron chi connectivity index (χ1n) is 16.6. The number of rotatable bonds is 10. The zero-order valence-corrected chi connectivity index (χ0v) is 35.0. The summed E-state index contributed by atoms with van der Waals surface area (Å²) in [6, 6.07) is 8.24. The van der Waals surface area contributed by atoms with E-state index in [0.717, 1.165) is 36.4 Å². The van der Waals surface area contributed by atoms with Gasteiger partial charge in [-0.25, -0.2) is 0 Å². The Morgan fingerprint density at radius 3 is 1.06 bits per heavy atom. The van der Waals surface area contributed by atoms with Gasteiger partial charge in [-0.2, -0.15) is 60.0 Å². The number of halogens is 8. The minimum absolute atomic E-state index is 0.0577. The molecule has 0 saturated heterocycles. The average Bonchev–Trinajstić information content (AvgIpc) is 3.14. The smallest absolute Gasteiger partial charge is 0.289 e. The fraction of sp³-hybridized carbons (Fsp3) is 0.0811. The summed E-state index contributed by atoms with van der Waals surface area (Å²) in [5, 5.41) is -3.47. The molecule has 6 aromatic carbocycles. The molecule has 26 heteroatoms. The molecule has 0 saturated carbocycles. The first-order chi connectivity index (χ1) is 28.7. The highest BCUT2D eigenvalue weighted by Crippen LogP contribution is 2.57. The van der Waals surface area contributed by atoms with Gasteiger partial charge in [0.15, 0.2) is 11.6 Å². The quantitative estimate of drug-likeness (QED) is 0.0574. The number of hydrogen-bond donors (Lipinski definition) is 4. The third-order valence-electron chi connectivity index (χ3n) is 9.59. The maximum Gasteiger partial charge on any atom is 0.411 e. The van der Waals surface area contributed by atoms with Crippen LogP contribution in [0.15, 0.2) is 117 Å². The Bertz CT molecular complexity index is 3220. The van der Waals surface area contributed by atoms with Crippen molar-refractivity contribution in [2.75, 3.05) is 0 Å². The van der Waals surface area contributed by atoms with E-state index >= 15 is 26.3 Å². The van der Waals surface area contributed by atoms with Crippen molar-refractivity contribution < 1.29 is 87.8 Å². The highest BCUT2D eigenvalue weighted by atomic mass is 35.5. The van der Waals surface area contributed by atoms with Gasteiger partial charge in [0.1, 0.15) is 9.79 Å². The molecule has 0 spiro atoms. The Labute approximate surface area is 360 Å². The van der Waals surface area contributed by atoms with Gasteiger partial charge in [-0.3, -0.25) is 27.8 Å². The Hall–Kier alpha value is -5.02. The highest BCUT2D eigenvalue weighted by molar-refractivity contribution is 7.86. The maximum absolute atomic E-state index is 15.5. The van der Waals surface area contributed by atoms with E-state index in [4.69, 9.17) is 23.2 Å². The van der Waals surface area contributed by atoms with Gasteiger partial charge >= 0.3 is 12.4 Å². The lowest BCUT2D eigenvalue weighted by Gasteiger charge is -2.38. The van der Waals surface area contributed by atoms with Gasteiger partial charge in [0.05, 0.1) is 19.8 Å². The summed E-state index contributed by atoms with van der Waals surface area (Å²) in [5.74, 6) is -3.14. The third kappa shape index (κ3) is 8.67. The molecule has 0 heterocycles. The van der Waals surface area contributed by atoms with Gasteiger partial charge in [-0.05, 0) is 94.7 Å². The van der Waals surface area contributed by atoms with Crippen molar-refractivity contribution in [2.45, 2.75) is 37.3 Å². The molecule has 0 aliphatic heterocycles. The number of alkyl halides is 6. The number of fused-ring (bicyclic) bond motifs is 2. The van der Waals surface area contributed by atoms with Crippen LogP contribution >= 0.6 is 23.2 Å². The van der Waals surface area contributed by atoms with E-state index in [9.17, 15) is 61.5 Å². The van der Waals surface area contributed by atoms with Crippen LogP contribution in [-0.4, -0.2) is 75.8 Å². The molecule has 0 aliphatic carbocycles. The van der Waals surface area contributed by atoms with Gasteiger partial charge in [0, 0.05) is 33.0 Å². The van der Waals surface area contributed by atoms with Crippen LogP contribution in [0.4, 0.5) is 26.3 Å². The molecule has 6 aromatic rings. The predicted octanol–water partition coefficient (Wildman–Crippen LogP) is 8.16. The molecule has 0 aromatic heterocycles. The molecule has 0 atom stereocenters. The van der Waals surface area contributed by atoms with Gasteiger partial charge in [-0.1, -0.05) is 47.5 Å². The lowest BCUT2D eigenvalue weighted by atomic mass is 9.71. The monoisotopic (exact) mass is 1000 g/mol. The van der Waals surface area contributed by atoms with Crippen LogP contribution in [0.2, 0.25) is 10.0 Å². The molecular weight excluding hydrogens is 982 g/mol. The number of benzene rings is 6. The zero-order chi connectivity index (χ0) is 47.2. The molecule has 0 unspecified atom stereocenters. The number of hydrogen-bond acceptors (Lipinski definition) is 10. The van der Waals surface area contributed by atoms with E-state index in [-0.39, 0.29) is 24.3 Å². The summed E-state index contributed by atoms with van der Waals surface area (Å²) in [7, 11) is -20.6. The number of ketones is 2. The van der Waals surface area contributed by atoms with Crippen LogP contribution in [0.1, 0.15) is 43.0 Å². The summed E-state index contributed by atoms with van der Waals surface area (Å²) < 4.78 is 228. The Morgan fingerprint density at radius 2 is 0.778 bits per heavy atom. The SMILES string of the molecule is O=C(c1cc(S(=O)(=O)O)c2ccc(S(=O)(=O)O)cc2c1)c1cc(C(c2ccc(Cl)c(C(=O)c3cc(S(=O)(=O)O)c4ccc(S(=O)(=O)O)cc4c3)c2)(C(F)(F)F)C(F)(F)F)ccc1Cl. The van der Waals surface area contributed by atoms with Crippen LogP contribution in [0.5, 0.6) is 0 Å². The molecule has 332 valence electrons. The second-order valence-electron chi connectivity index (χ2n) is 13.4. The Kier molecular flexibility index (Phi) is 11.8. The summed E-state index contributed by atoms with van der Waals surface area (Å²) in [6.45, 7) is 0. The van der Waals surface area contributed by atoms with Crippen LogP contribution in [0, 0.1) is 0 Å². The molecule has 63 heavy (non-hydrogen) atoms. The van der Waals surface area contributed by atoms with Gasteiger partial charge in [-0.15, -0.1) is 0 Å². The van der Waals surface area contributed by atoms with Gasteiger partial charge in [0.2, 0.25) is 5.41 Å². The molecule has 0 fully saturated rings. The summed E-state index contributed by atoms with van der Waals surface area (Å²) >= 11 is 12.3. The largest absolute Gasteiger partial charge is 0.411 e. The van der Waals surface area contributed by atoms with E-state index in [2.05, 4.69) is 0 Å². The topological polar surface area (TPSA) is 252 Å². The summed E-state index contributed by atoms with van der Waals surface area (Å²) in [6.07, 6.45) is -12.9. The van der Waals surface area contributed by atoms with Crippen molar-refractivity contribution in [1.29, 1.82) is 0 Å². The zero-order valence-electron chi connectivity index (χ0n) is 30.3. The molecule has 0 amide bonds. The van der Waals surface area contributed by atoms with E-state index in [1.54, 1.807) is 0 Å². The third-order valence-corrected chi connectivity index (χ3v) is 13.7. The Morgan fingerprint density at radius 1 is 0.444 bits per heavy atom. The van der Waals surface area contributed by atoms with E-state index in [0.29, 0.717) is 36.4 Å². The van der Waals surface area contributed by atoms with Crippen LogP contribution < -0.4 is 0 Å². The van der Waals surface area contributed by atoms with Crippen molar-refractivity contribution in [1.82, 2.24) is 0 Å². The molecule has 14 nitrogen and oxygen atoms in total. The lowest BCUT2D eigenvalue weighted by molar-refractivity contribution is -0.288. The highest BCUT2D eigenvalue weighted by Gasteiger charge is 2.72. The fourth-order valence-electron chi connectivity index (χ4n) is 6.79. The first kappa shape index (κ1) is 47.5. The maximum atomic E-state index is 15.5. The molecule has 6 rings (SSSR count). The minimum atomic E-state index is -6.44. The summed E-state index contributed by atoms with van der Waals surface area (Å²) in [5.41, 5.74) is -12.8. The van der Waals surface area contributed by atoms with Crippen molar-refractivity contribution in [3.8, 4) is 0 Å². The van der Waals surface area contributed by atoms with E-state index < -0.39 is 154 Å². The molecule has 0 bridgehead atoms. The van der Waals surface area contributed by atoms with Crippen molar-refractivity contribution >= 4 is 96.8 Å². The predicted molar refractivity (Wildman–Crippen MR) is 210 cm³/mol. The van der Waals surface area contributed by atoms with Crippen molar-refractivity contribution in [3.63, 3.8) is 0 Å².